The summed E-state index contributed by atoms with van der Waals surface area (Å²) in [6, 6.07) is 3.70. The highest BCUT2D eigenvalue weighted by Gasteiger charge is 2.38. The van der Waals surface area contributed by atoms with Crippen molar-refractivity contribution in [3.8, 4) is 0 Å². The van der Waals surface area contributed by atoms with Gasteiger partial charge in [-0.05, 0) is 37.5 Å². The second-order valence-corrected chi connectivity index (χ2v) is 8.57. The summed E-state index contributed by atoms with van der Waals surface area (Å²) in [6.45, 7) is 5.44. The number of nitrogens with one attached hydrogen (secondary N) is 1. The zero-order chi connectivity index (χ0) is 17.5. The smallest absolute Gasteiger partial charge is 0.194 e. The fraction of sp³-hybridized carbons (Fsp3) is 0.684. The van der Waals surface area contributed by atoms with Gasteiger partial charge >= 0.3 is 0 Å². The van der Waals surface area contributed by atoms with Crippen LogP contribution in [0.25, 0.3) is 0 Å². The van der Waals surface area contributed by atoms with Gasteiger partial charge in [-0.1, -0.05) is 19.3 Å². The maximum absolute atomic E-state index is 10.4. The van der Waals surface area contributed by atoms with Crippen LogP contribution in [0.15, 0.2) is 29.5 Å². The summed E-state index contributed by atoms with van der Waals surface area (Å²) >= 11 is 2.17. The number of nitrogens with zero attached hydrogens (tertiary/aromatic N) is 3. The predicted octanol–water partition coefficient (Wildman–Crippen LogP) is 2.83. The van der Waals surface area contributed by atoms with Crippen LogP contribution in [-0.2, 0) is 0 Å². The van der Waals surface area contributed by atoms with E-state index >= 15 is 0 Å². The molecule has 0 radical (unpaired) electrons. The lowest BCUT2D eigenvalue weighted by Gasteiger charge is -2.45. The molecule has 2 aliphatic rings. The number of aliphatic hydroxyl groups is 1. The van der Waals surface area contributed by atoms with Gasteiger partial charge in [-0.25, -0.2) is 0 Å². The molecule has 1 saturated heterocycles. The van der Waals surface area contributed by atoms with E-state index < -0.39 is 6.10 Å². The minimum Gasteiger partial charge on any atom is -0.386 e. The van der Waals surface area contributed by atoms with Crippen molar-refractivity contribution < 1.29 is 5.11 Å². The maximum atomic E-state index is 10.4. The van der Waals surface area contributed by atoms with Gasteiger partial charge in [0.2, 0.25) is 0 Å². The summed E-state index contributed by atoms with van der Waals surface area (Å²) in [5.41, 5.74) is 0.868. The average molecular weight is 363 g/mol. The van der Waals surface area contributed by atoms with E-state index in [0.717, 1.165) is 36.9 Å². The van der Waals surface area contributed by atoms with Gasteiger partial charge < -0.3 is 15.3 Å². The third kappa shape index (κ3) is 4.88. The van der Waals surface area contributed by atoms with Crippen molar-refractivity contribution in [3.63, 3.8) is 0 Å². The molecule has 0 aromatic carbocycles. The Kier molecular flexibility index (Phi) is 6.59. The number of hydrogen-bond acceptors (Lipinski definition) is 4. The molecule has 138 valence electrons. The Hall–Kier alpha value is -1.27. The average Bonchev–Trinajstić information content (AvgIpc) is 2.66. The van der Waals surface area contributed by atoms with Crippen LogP contribution in [0, 0.1) is 0 Å². The molecule has 1 saturated carbocycles. The van der Waals surface area contributed by atoms with E-state index in [2.05, 4.69) is 33.9 Å². The minimum absolute atomic E-state index is 0.378. The van der Waals surface area contributed by atoms with Crippen LogP contribution in [-0.4, -0.2) is 57.6 Å². The van der Waals surface area contributed by atoms with Crippen molar-refractivity contribution in [1.82, 2.24) is 15.2 Å². The molecule has 0 bridgehead atoms. The Morgan fingerprint density at radius 2 is 2.12 bits per heavy atom. The van der Waals surface area contributed by atoms with Crippen LogP contribution in [0.1, 0.15) is 50.7 Å². The van der Waals surface area contributed by atoms with Crippen molar-refractivity contribution in [3.05, 3.63) is 30.1 Å². The quantitative estimate of drug-likeness (QED) is 0.637. The lowest BCUT2D eigenvalue weighted by Crippen LogP contribution is -2.53. The monoisotopic (exact) mass is 362 g/mol. The lowest BCUT2D eigenvalue weighted by atomic mass is 9.87. The van der Waals surface area contributed by atoms with Crippen LogP contribution in [0.2, 0.25) is 0 Å². The van der Waals surface area contributed by atoms with E-state index in [-0.39, 0.29) is 0 Å². The number of pyridine rings is 1. The fourth-order valence-electron chi connectivity index (χ4n) is 3.81. The van der Waals surface area contributed by atoms with Crippen molar-refractivity contribution in [1.29, 1.82) is 0 Å². The molecule has 3 rings (SSSR count). The number of rotatable bonds is 4. The number of thioether (sulfide) groups is 1. The Morgan fingerprint density at radius 3 is 2.84 bits per heavy atom. The van der Waals surface area contributed by atoms with Gasteiger partial charge in [-0.15, -0.1) is 0 Å². The largest absolute Gasteiger partial charge is 0.386 e. The first-order valence-corrected chi connectivity index (χ1v) is 10.5. The molecule has 25 heavy (non-hydrogen) atoms. The van der Waals surface area contributed by atoms with Gasteiger partial charge in [0, 0.05) is 42.5 Å². The summed E-state index contributed by atoms with van der Waals surface area (Å²) < 4.78 is 0.413. The first kappa shape index (κ1) is 18.5. The highest BCUT2D eigenvalue weighted by molar-refractivity contribution is 8.00. The highest BCUT2D eigenvalue weighted by atomic mass is 32.2. The predicted molar refractivity (Wildman–Crippen MR) is 105 cm³/mol. The number of hydrogen-bond donors (Lipinski definition) is 2. The third-order valence-electron chi connectivity index (χ3n) is 5.15. The summed E-state index contributed by atoms with van der Waals surface area (Å²) in [5, 5.41) is 13.8. The SMILES string of the molecule is CCNC(=NCC(O)c1ccncc1)N1CCSC2(CCCCC2)C1. The molecular formula is C19H30N4OS. The van der Waals surface area contributed by atoms with E-state index in [1.165, 1.54) is 32.1 Å². The van der Waals surface area contributed by atoms with Gasteiger partial charge in [-0.2, -0.15) is 11.8 Å². The maximum Gasteiger partial charge on any atom is 0.194 e. The second-order valence-electron chi connectivity index (χ2n) is 7.00. The molecule has 1 aliphatic carbocycles. The van der Waals surface area contributed by atoms with Crippen molar-refractivity contribution in [2.24, 2.45) is 4.99 Å². The van der Waals surface area contributed by atoms with Gasteiger partial charge in [-0.3, -0.25) is 9.98 Å². The Bertz CT molecular complexity index is 554. The molecule has 1 aliphatic heterocycles. The minimum atomic E-state index is -0.584. The van der Waals surface area contributed by atoms with Gasteiger partial charge in [0.05, 0.1) is 12.6 Å². The van der Waals surface area contributed by atoms with Crippen LogP contribution in [0.4, 0.5) is 0 Å². The molecular weight excluding hydrogens is 332 g/mol. The highest BCUT2D eigenvalue weighted by Crippen LogP contribution is 2.42. The van der Waals surface area contributed by atoms with Gasteiger partial charge in [0.25, 0.3) is 0 Å². The molecule has 1 spiro atoms. The topological polar surface area (TPSA) is 60.8 Å². The Morgan fingerprint density at radius 1 is 1.36 bits per heavy atom. The first-order valence-electron chi connectivity index (χ1n) is 9.48. The summed E-state index contributed by atoms with van der Waals surface area (Å²) in [5.74, 6) is 2.11. The Labute approximate surface area is 155 Å². The van der Waals surface area contributed by atoms with Gasteiger partial charge in [0.1, 0.15) is 0 Å². The number of aliphatic hydroxyl groups excluding tert-OH is 1. The molecule has 2 fully saturated rings. The normalized spacial score (nSPS) is 22.0. The van der Waals surface area contributed by atoms with E-state index in [0.29, 0.717) is 11.3 Å². The van der Waals surface area contributed by atoms with Crippen molar-refractivity contribution >= 4 is 17.7 Å². The van der Waals surface area contributed by atoms with Crippen LogP contribution >= 0.6 is 11.8 Å². The molecule has 0 amide bonds. The van der Waals surface area contributed by atoms with E-state index in [4.69, 9.17) is 4.99 Å². The Balaban J connectivity index is 1.67. The zero-order valence-corrected chi connectivity index (χ0v) is 16.0. The van der Waals surface area contributed by atoms with E-state index in [1.54, 1.807) is 12.4 Å². The lowest BCUT2D eigenvalue weighted by molar-refractivity contribution is 0.186. The molecule has 2 heterocycles. The van der Waals surface area contributed by atoms with E-state index in [9.17, 15) is 5.11 Å². The first-order chi connectivity index (χ1) is 12.2. The van der Waals surface area contributed by atoms with Crippen LogP contribution < -0.4 is 5.32 Å². The summed E-state index contributed by atoms with van der Waals surface area (Å²) in [6.07, 6.45) is 9.59. The molecule has 1 unspecified atom stereocenters. The summed E-state index contributed by atoms with van der Waals surface area (Å²) in [4.78, 5) is 11.2. The second kappa shape index (κ2) is 8.90. The molecule has 1 aromatic rings. The third-order valence-corrected chi connectivity index (χ3v) is 6.69. The summed E-state index contributed by atoms with van der Waals surface area (Å²) in [7, 11) is 0. The number of guanidine groups is 1. The molecule has 1 aromatic heterocycles. The number of aliphatic imine (C=N–C) groups is 1. The van der Waals surface area contributed by atoms with Crippen LogP contribution in [0.3, 0.4) is 0 Å². The standard InChI is InChI=1S/C19H30N4OS/c1-2-21-18(22-14-17(24)16-6-10-20-11-7-16)23-12-13-25-19(15-23)8-4-3-5-9-19/h6-7,10-11,17,24H,2-5,8-9,12-15H2,1H3,(H,21,22). The fourth-order valence-corrected chi connectivity index (χ4v) is 5.38. The van der Waals surface area contributed by atoms with Crippen LogP contribution in [0.5, 0.6) is 0 Å². The molecule has 2 N–H and O–H groups in total. The number of aromatic nitrogens is 1. The molecule has 1 atom stereocenters. The zero-order valence-electron chi connectivity index (χ0n) is 15.2. The molecule has 5 nitrogen and oxygen atoms in total. The molecule has 6 heteroatoms. The van der Waals surface area contributed by atoms with Gasteiger partial charge in [0.15, 0.2) is 5.96 Å². The van der Waals surface area contributed by atoms with E-state index in [1.807, 2.05) is 12.1 Å². The van der Waals surface area contributed by atoms with Crippen molar-refractivity contribution in [2.45, 2.75) is 49.9 Å². The van der Waals surface area contributed by atoms with Crippen molar-refractivity contribution in [2.75, 3.05) is 31.9 Å².